The molecule has 1 heterocycles. The molecule has 1 aromatic heterocycles. The van der Waals surface area contributed by atoms with Crippen LogP contribution in [0.5, 0.6) is 0 Å². The van der Waals surface area contributed by atoms with Crippen molar-refractivity contribution in [2.24, 2.45) is 5.92 Å². The number of carboxylic acid groups (broad SMARTS) is 1. The van der Waals surface area contributed by atoms with Crippen LogP contribution in [0.3, 0.4) is 0 Å². The van der Waals surface area contributed by atoms with Crippen molar-refractivity contribution in [3.63, 3.8) is 0 Å². The molecule has 6 nitrogen and oxygen atoms in total. The predicted octanol–water partition coefficient (Wildman–Crippen LogP) is 2.02. The molecule has 21 heavy (non-hydrogen) atoms. The molecule has 1 fully saturated rings. The van der Waals surface area contributed by atoms with Gasteiger partial charge in [-0.3, -0.25) is 0 Å². The van der Waals surface area contributed by atoms with Crippen LogP contribution in [-0.4, -0.2) is 41.5 Å². The molecule has 0 aromatic carbocycles. The fourth-order valence-corrected chi connectivity index (χ4v) is 3.93. The second-order valence-corrected chi connectivity index (χ2v) is 7.40. The normalized spacial score (nSPS) is 15.6. The Hall–Kier alpha value is -1.34. The van der Waals surface area contributed by atoms with Gasteiger partial charge >= 0.3 is 5.97 Å². The molecule has 0 spiro atoms. The van der Waals surface area contributed by atoms with Gasteiger partial charge in [0.05, 0.1) is 0 Å². The van der Waals surface area contributed by atoms with Crippen molar-refractivity contribution in [2.45, 2.75) is 44.6 Å². The summed E-state index contributed by atoms with van der Waals surface area (Å²) in [5.74, 6) is -0.647. The van der Waals surface area contributed by atoms with Gasteiger partial charge in [-0.25, -0.2) is 13.2 Å². The third kappa shape index (κ3) is 3.47. The van der Waals surface area contributed by atoms with Crippen LogP contribution in [0.4, 0.5) is 0 Å². The highest BCUT2D eigenvalue weighted by Gasteiger charge is 2.32. The first-order chi connectivity index (χ1) is 9.90. The van der Waals surface area contributed by atoms with Crippen molar-refractivity contribution in [3.05, 3.63) is 18.0 Å². The summed E-state index contributed by atoms with van der Waals surface area (Å²) in [6, 6.07) is 1.27. The molecule has 2 rings (SSSR count). The second-order valence-electron chi connectivity index (χ2n) is 5.46. The van der Waals surface area contributed by atoms with Crippen LogP contribution in [-0.2, 0) is 16.6 Å². The predicted molar refractivity (Wildman–Crippen MR) is 78.8 cm³/mol. The third-order valence-electron chi connectivity index (χ3n) is 3.70. The number of aromatic nitrogens is 1. The van der Waals surface area contributed by atoms with Crippen LogP contribution < -0.4 is 0 Å². The highest BCUT2D eigenvalue weighted by Crippen LogP contribution is 2.31. The molecule has 0 amide bonds. The molecular weight excluding hydrogens is 292 g/mol. The van der Waals surface area contributed by atoms with Crippen LogP contribution in [0.25, 0.3) is 0 Å². The number of carbonyl (C=O) groups is 1. The Morgan fingerprint density at radius 3 is 2.57 bits per heavy atom. The molecule has 0 unspecified atom stereocenters. The first-order valence-corrected chi connectivity index (χ1v) is 8.77. The van der Waals surface area contributed by atoms with E-state index in [1.54, 1.807) is 6.92 Å². The van der Waals surface area contributed by atoms with E-state index in [-0.39, 0.29) is 10.6 Å². The van der Waals surface area contributed by atoms with E-state index in [0.29, 0.717) is 25.6 Å². The number of aryl methyl sites for hydroxylation is 1. The van der Waals surface area contributed by atoms with E-state index in [4.69, 9.17) is 0 Å². The van der Waals surface area contributed by atoms with Crippen molar-refractivity contribution in [3.8, 4) is 0 Å². The molecular formula is C14H22N2O4S. The Morgan fingerprint density at radius 2 is 2.10 bits per heavy atom. The molecule has 0 atom stereocenters. The quantitative estimate of drug-likeness (QED) is 0.796. The van der Waals surface area contributed by atoms with Gasteiger partial charge in [0, 0.05) is 25.8 Å². The van der Waals surface area contributed by atoms with Crippen LogP contribution >= 0.6 is 0 Å². The van der Waals surface area contributed by atoms with Crippen LogP contribution in [0, 0.1) is 5.92 Å². The van der Waals surface area contributed by atoms with Gasteiger partial charge in [0.1, 0.15) is 10.6 Å². The number of aromatic carboxylic acids is 1. The zero-order valence-electron chi connectivity index (χ0n) is 12.4. The summed E-state index contributed by atoms with van der Waals surface area (Å²) in [5.41, 5.74) is 0.0258. The summed E-state index contributed by atoms with van der Waals surface area (Å²) >= 11 is 0. The molecule has 1 aliphatic rings. The van der Waals surface area contributed by atoms with Crippen molar-refractivity contribution < 1.29 is 18.3 Å². The minimum atomic E-state index is -3.61. The Labute approximate surface area is 125 Å². The Balaban J connectivity index is 2.33. The van der Waals surface area contributed by atoms with E-state index in [2.05, 4.69) is 0 Å². The van der Waals surface area contributed by atoms with Gasteiger partial charge in [0.15, 0.2) is 0 Å². The number of nitrogens with zero attached hydrogens (tertiary/aromatic N) is 2. The maximum Gasteiger partial charge on any atom is 0.352 e. The maximum atomic E-state index is 12.6. The smallest absolute Gasteiger partial charge is 0.352 e. The lowest BCUT2D eigenvalue weighted by Gasteiger charge is -2.19. The monoisotopic (exact) mass is 314 g/mol. The molecule has 1 N–H and O–H groups in total. The van der Waals surface area contributed by atoms with E-state index in [9.17, 15) is 18.3 Å². The van der Waals surface area contributed by atoms with Crippen LogP contribution in [0.15, 0.2) is 17.2 Å². The minimum absolute atomic E-state index is 0.0258. The topological polar surface area (TPSA) is 79.6 Å². The SMILES string of the molecule is CCCn1cc(S(=O)(=O)N(CC)CC2CC2)cc1C(=O)O. The first-order valence-electron chi connectivity index (χ1n) is 7.33. The van der Waals surface area contributed by atoms with Gasteiger partial charge in [-0.1, -0.05) is 13.8 Å². The number of hydrogen-bond acceptors (Lipinski definition) is 3. The summed E-state index contributed by atoms with van der Waals surface area (Å²) in [6.07, 6.45) is 4.33. The van der Waals surface area contributed by atoms with E-state index < -0.39 is 16.0 Å². The van der Waals surface area contributed by atoms with Gasteiger partial charge < -0.3 is 9.67 Å². The minimum Gasteiger partial charge on any atom is -0.477 e. The zero-order chi connectivity index (χ0) is 15.6. The third-order valence-corrected chi connectivity index (χ3v) is 5.61. The van der Waals surface area contributed by atoms with E-state index in [1.165, 1.54) is 21.1 Å². The lowest BCUT2D eigenvalue weighted by Crippen LogP contribution is -2.32. The van der Waals surface area contributed by atoms with Gasteiger partial charge in [-0.05, 0) is 31.2 Å². The number of carboxylic acids is 1. The molecule has 1 aromatic rings. The van der Waals surface area contributed by atoms with E-state index >= 15 is 0 Å². The maximum absolute atomic E-state index is 12.6. The van der Waals surface area contributed by atoms with Crippen molar-refractivity contribution in [1.29, 1.82) is 0 Å². The van der Waals surface area contributed by atoms with Gasteiger partial charge in [0.25, 0.3) is 0 Å². The number of sulfonamides is 1. The fourth-order valence-electron chi connectivity index (χ4n) is 2.36. The zero-order valence-corrected chi connectivity index (χ0v) is 13.3. The largest absolute Gasteiger partial charge is 0.477 e. The Kier molecular flexibility index (Phi) is 4.73. The molecule has 0 radical (unpaired) electrons. The standard InChI is InChI=1S/C14H22N2O4S/c1-3-7-15-10-12(8-13(15)14(17)18)21(19,20)16(4-2)9-11-5-6-11/h8,10-11H,3-7,9H2,1-2H3,(H,17,18). The Bertz CT molecular complexity index is 617. The van der Waals surface area contributed by atoms with Crippen molar-refractivity contribution >= 4 is 16.0 Å². The first kappa shape index (κ1) is 16.0. The molecule has 1 saturated carbocycles. The second kappa shape index (κ2) is 6.19. The van der Waals surface area contributed by atoms with Gasteiger partial charge in [0.2, 0.25) is 10.0 Å². The highest BCUT2D eigenvalue weighted by atomic mass is 32.2. The average Bonchev–Trinajstić information content (AvgIpc) is 3.13. The average molecular weight is 314 g/mol. The molecule has 1 aliphatic carbocycles. The summed E-state index contributed by atoms with van der Waals surface area (Å²) in [5, 5.41) is 9.19. The van der Waals surface area contributed by atoms with Crippen molar-refractivity contribution in [1.82, 2.24) is 8.87 Å². The van der Waals surface area contributed by atoms with Crippen LogP contribution in [0.2, 0.25) is 0 Å². The molecule has 0 saturated heterocycles. The van der Waals surface area contributed by atoms with E-state index in [1.807, 2.05) is 6.92 Å². The van der Waals surface area contributed by atoms with Gasteiger partial charge in [-0.2, -0.15) is 4.31 Å². The lowest BCUT2D eigenvalue weighted by atomic mass is 10.4. The number of rotatable bonds is 8. The summed E-state index contributed by atoms with van der Waals surface area (Å²) < 4.78 is 28.2. The molecule has 0 bridgehead atoms. The summed E-state index contributed by atoms with van der Waals surface area (Å²) in [4.78, 5) is 11.3. The Morgan fingerprint density at radius 1 is 1.43 bits per heavy atom. The summed E-state index contributed by atoms with van der Waals surface area (Å²) in [6.45, 7) is 5.15. The van der Waals surface area contributed by atoms with Gasteiger partial charge in [-0.15, -0.1) is 0 Å². The number of hydrogen-bond donors (Lipinski definition) is 1. The molecule has 118 valence electrons. The molecule has 7 heteroatoms. The van der Waals surface area contributed by atoms with Crippen molar-refractivity contribution in [2.75, 3.05) is 13.1 Å². The molecule has 0 aliphatic heterocycles. The van der Waals surface area contributed by atoms with Crippen LogP contribution in [0.1, 0.15) is 43.6 Å². The summed E-state index contributed by atoms with van der Waals surface area (Å²) in [7, 11) is -3.61. The lowest BCUT2D eigenvalue weighted by molar-refractivity contribution is 0.0685. The van der Waals surface area contributed by atoms with E-state index in [0.717, 1.165) is 19.3 Å². The highest BCUT2D eigenvalue weighted by molar-refractivity contribution is 7.89. The fraction of sp³-hybridized carbons (Fsp3) is 0.643.